The normalized spacial score (nSPS) is 11.4. The molecule has 0 unspecified atom stereocenters. The molecule has 7 heteroatoms. The van der Waals surface area contributed by atoms with Crippen molar-refractivity contribution in [2.75, 3.05) is 19.4 Å². The topological polar surface area (TPSA) is 70.4 Å². The van der Waals surface area contributed by atoms with E-state index in [2.05, 4.69) is 25.7 Å². The van der Waals surface area contributed by atoms with Gasteiger partial charge in [-0.2, -0.15) is 0 Å². The molecule has 0 aliphatic heterocycles. The fourth-order valence-electron chi connectivity index (χ4n) is 2.94. The minimum Gasteiger partial charge on any atom is -0.337 e. The summed E-state index contributed by atoms with van der Waals surface area (Å²) < 4.78 is 2.03. The third kappa shape index (κ3) is 4.35. The number of imidazole rings is 1. The number of hydrazine groups is 1. The lowest BCUT2D eigenvalue weighted by molar-refractivity contribution is 0.343. The minimum atomic E-state index is 0.702. The van der Waals surface area contributed by atoms with E-state index in [0.717, 1.165) is 33.5 Å². The molecule has 3 aromatic heterocycles. The third-order valence-electron chi connectivity index (χ3n) is 4.27. The zero-order valence-electron chi connectivity index (χ0n) is 17.5. The zero-order chi connectivity index (χ0) is 20.8. The molecule has 4 aromatic rings. The van der Waals surface area contributed by atoms with Gasteiger partial charge in [-0.1, -0.05) is 19.9 Å². The lowest BCUT2D eigenvalue weighted by Crippen LogP contribution is -2.25. The van der Waals surface area contributed by atoms with Gasteiger partial charge in [-0.15, -0.1) is 0 Å². The van der Waals surface area contributed by atoms with Gasteiger partial charge in [0.2, 0.25) is 0 Å². The van der Waals surface area contributed by atoms with E-state index in [1.165, 1.54) is 0 Å². The standard InChI is InChI=1S/C20H21N7.C2H6/c1-14(12-24-26(2)3)18-13-23-20-19(22-10-11-27(18)20)25-17-8-4-7-16-15(17)6-5-9-21-16;1-2/h4-13,24H,1-3H3,(H,22,25);1-2H3/b14-12+;. The number of benzene rings is 1. The zero-order valence-corrected chi connectivity index (χ0v) is 17.5. The Morgan fingerprint density at radius 1 is 1.03 bits per heavy atom. The largest absolute Gasteiger partial charge is 0.337 e. The van der Waals surface area contributed by atoms with Crippen molar-refractivity contribution in [3.63, 3.8) is 0 Å². The van der Waals surface area contributed by atoms with Gasteiger partial charge in [-0.25, -0.2) is 15.0 Å². The third-order valence-corrected chi connectivity index (χ3v) is 4.27. The Kier molecular flexibility index (Phi) is 6.41. The first-order valence-electron chi connectivity index (χ1n) is 9.67. The molecule has 0 radical (unpaired) electrons. The average Bonchev–Trinajstić information content (AvgIpc) is 3.19. The number of fused-ring (bicyclic) bond motifs is 2. The number of hydrogen-bond donors (Lipinski definition) is 2. The second-order valence-corrected chi connectivity index (χ2v) is 6.46. The Balaban J connectivity index is 0.00000117. The number of rotatable bonds is 5. The molecule has 0 spiro atoms. The Labute approximate surface area is 171 Å². The number of aromatic nitrogens is 4. The summed E-state index contributed by atoms with van der Waals surface area (Å²) in [7, 11) is 3.90. The maximum absolute atomic E-state index is 4.58. The molecule has 4 rings (SSSR count). The molecule has 7 nitrogen and oxygen atoms in total. The molecule has 2 N–H and O–H groups in total. The predicted octanol–water partition coefficient (Wildman–Crippen LogP) is 4.47. The first-order valence-corrected chi connectivity index (χ1v) is 9.67. The molecule has 0 saturated carbocycles. The van der Waals surface area contributed by atoms with Gasteiger partial charge in [0.1, 0.15) is 0 Å². The van der Waals surface area contributed by atoms with Crippen LogP contribution >= 0.6 is 0 Å². The molecule has 150 valence electrons. The summed E-state index contributed by atoms with van der Waals surface area (Å²) in [5, 5.41) is 6.34. The van der Waals surface area contributed by atoms with Crippen LogP contribution in [-0.2, 0) is 0 Å². The highest BCUT2D eigenvalue weighted by Gasteiger charge is 2.11. The summed E-state index contributed by atoms with van der Waals surface area (Å²) in [6.07, 6.45) is 9.29. The summed E-state index contributed by atoms with van der Waals surface area (Å²) >= 11 is 0. The van der Waals surface area contributed by atoms with Crippen molar-refractivity contribution >= 4 is 33.6 Å². The van der Waals surface area contributed by atoms with Crippen LogP contribution in [-0.4, -0.2) is 38.5 Å². The molecule has 3 heterocycles. The summed E-state index contributed by atoms with van der Waals surface area (Å²) in [5.74, 6) is 0.702. The van der Waals surface area contributed by atoms with Crippen LogP contribution in [0.2, 0.25) is 0 Å². The van der Waals surface area contributed by atoms with Crippen LogP contribution in [0.5, 0.6) is 0 Å². The molecule has 0 amide bonds. The number of nitrogens with zero attached hydrogens (tertiary/aromatic N) is 5. The Bertz CT molecular complexity index is 1120. The average molecular weight is 390 g/mol. The van der Waals surface area contributed by atoms with Crippen LogP contribution in [0.25, 0.3) is 22.1 Å². The van der Waals surface area contributed by atoms with Crippen molar-refractivity contribution in [3.05, 3.63) is 67.0 Å². The molecule has 0 aliphatic rings. The summed E-state index contributed by atoms with van der Waals surface area (Å²) in [6.45, 7) is 6.05. The number of nitrogens with one attached hydrogen (secondary N) is 2. The molecule has 0 fully saturated rings. The lowest BCUT2D eigenvalue weighted by atomic mass is 10.2. The Morgan fingerprint density at radius 2 is 1.86 bits per heavy atom. The molecule has 0 aliphatic carbocycles. The number of allylic oxidation sites excluding steroid dienone is 1. The van der Waals surface area contributed by atoms with Crippen molar-refractivity contribution in [1.82, 2.24) is 29.8 Å². The molecule has 1 aromatic carbocycles. The summed E-state index contributed by atoms with van der Waals surface area (Å²) in [5.41, 5.74) is 7.90. The SMILES string of the molecule is C/C(=C\NN(C)C)c1cnc2c(Nc3cccc4ncccc34)nccn12.CC. The van der Waals surface area contributed by atoms with Crippen molar-refractivity contribution < 1.29 is 0 Å². The fourth-order valence-corrected chi connectivity index (χ4v) is 2.94. The second kappa shape index (κ2) is 9.16. The fraction of sp³-hybridized carbons (Fsp3) is 0.227. The van der Waals surface area contributed by atoms with Crippen molar-refractivity contribution in [2.24, 2.45) is 0 Å². The van der Waals surface area contributed by atoms with Crippen LogP contribution in [0, 0.1) is 0 Å². The molecule has 0 saturated heterocycles. The van der Waals surface area contributed by atoms with Crippen LogP contribution in [0.15, 0.2) is 61.3 Å². The molecular formula is C22H27N7. The minimum absolute atomic E-state index is 0.702. The molecular weight excluding hydrogens is 362 g/mol. The van der Waals surface area contributed by atoms with E-state index in [-0.39, 0.29) is 0 Å². The van der Waals surface area contributed by atoms with E-state index in [1.54, 1.807) is 12.4 Å². The van der Waals surface area contributed by atoms with E-state index < -0.39 is 0 Å². The van der Waals surface area contributed by atoms with Crippen LogP contribution in [0.4, 0.5) is 11.5 Å². The van der Waals surface area contributed by atoms with Gasteiger partial charge in [0.15, 0.2) is 11.5 Å². The van der Waals surface area contributed by atoms with Crippen molar-refractivity contribution in [1.29, 1.82) is 0 Å². The maximum Gasteiger partial charge on any atom is 0.180 e. The number of pyridine rings is 1. The van der Waals surface area contributed by atoms with Gasteiger partial charge in [0.25, 0.3) is 0 Å². The predicted molar refractivity (Wildman–Crippen MR) is 120 cm³/mol. The van der Waals surface area contributed by atoms with Crippen LogP contribution in [0.3, 0.4) is 0 Å². The van der Waals surface area contributed by atoms with E-state index in [4.69, 9.17) is 0 Å². The van der Waals surface area contributed by atoms with Gasteiger partial charge in [0, 0.05) is 50.0 Å². The second-order valence-electron chi connectivity index (χ2n) is 6.46. The summed E-state index contributed by atoms with van der Waals surface area (Å²) in [6, 6.07) is 9.97. The highest BCUT2D eigenvalue weighted by molar-refractivity contribution is 5.93. The van der Waals surface area contributed by atoms with E-state index in [0.29, 0.717) is 5.82 Å². The molecule has 0 atom stereocenters. The lowest BCUT2D eigenvalue weighted by Gasteiger charge is -2.11. The number of anilines is 2. The van der Waals surface area contributed by atoms with E-state index in [9.17, 15) is 0 Å². The van der Waals surface area contributed by atoms with E-state index in [1.807, 2.05) is 93.2 Å². The van der Waals surface area contributed by atoms with Gasteiger partial charge < -0.3 is 10.7 Å². The van der Waals surface area contributed by atoms with Crippen molar-refractivity contribution in [2.45, 2.75) is 20.8 Å². The molecule has 0 bridgehead atoms. The van der Waals surface area contributed by atoms with E-state index >= 15 is 0 Å². The maximum atomic E-state index is 4.58. The first-order chi connectivity index (χ1) is 14.1. The van der Waals surface area contributed by atoms with Gasteiger partial charge in [-0.05, 0) is 36.8 Å². The summed E-state index contributed by atoms with van der Waals surface area (Å²) in [4.78, 5) is 13.5. The highest BCUT2D eigenvalue weighted by Crippen LogP contribution is 2.27. The van der Waals surface area contributed by atoms with Crippen LogP contribution < -0.4 is 10.7 Å². The highest BCUT2D eigenvalue weighted by atomic mass is 15.5. The smallest absolute Gasteiger partial charge is 0.180 e. The Hall–Kier alpha value is -3.45. The first kappa shape index (κ1) is 20.3. The van der Waals surface area contributed by atoms with Crippen LogP contribution in [0.1, 0.15) is 26.5 Å². The van der Waals surface area contributed by atoms with Gasteiger partial charge in [0.05, 0.1) is 17.4 Å². The van der Waals surface area contributed by atoms with Gasteiger partial charge >= 0.3 is 0 Å². The Morgan fingerprint density at radius 3 is 2.66 bits per heavy atom. The monoisotopic (exact) mass is 389 g/mol. The van der Waals surface area contributed by atoms with Gasteiger partial charge in [-0.3, -0.25) is 9.38 Å². The molecule has 29 heavy (non-hydrogen) atoms. The quantitative estimate of drug-likeness (QED) is 0.491. The van der Waals surface area contributed by atoms with Crippen molar-refractivity contribution in [3.8, 4) is 0 Å². The number of hydrogen-bond acceptors (Lipinski definition) is 6.